The molecule has 0 aliphatic heterocycles. The number of unbranched alkanes of at least 4 members (excludes halogenated alkanes) is 1. The van der Waals surface area contributed by atoms with E-state index in [2.05, 4.69) is 22.4 Å². The Morgan fingerprint density at radius 3 is 2.90 bits per heavy atom. The second-order valence-corrected chi connectivity index (χ2v) is 8.03. The first-order valence-electron chi connectivity index (χ1n) is 9.79. The summed E-state index contributed by atoms with van der Waals surface area (Å²) in [6, 6.07) is 9.63. The number of hydrogen-bond donors (Lipinski definition) is 1. The summed E-state index contributed by atoms with van der Waals surface area (Å²) < 4.78 is 4.31. The molecule has 0 fully saturated rings. The summed E-state index contributed by atoms with van der Waals surface area (Å²) >= 11 is 1.43. The van der Waals surface area contributed by atoms with E-state index in [0.717, 1.165) is 29.6 Å². The molecule has 0 aliphatic carbocycles. The molecule has 4 rings (SSSR count). The summed E-state index contributed by atoms with van der Waals surface area (Å²) in [4.78, 5) is 25.3. The maximum atomic E-state index is 12.8. The maximum absolute atomic E-state index is 12.8. The minimum Gasteiger partial charge on any atom is -0.326 e. The Hall–Kier alpha value is -3.00. The zero-order valence-electron chi connectivity index (χ0n) is 16.5. The van der Waals surface area contributed by atoms with Gasteiger partial charge >= 0.3 is 0 Å². The number of benzene rings is 1. The number of thiophene rings is 1. The van der Waals surface area contributed by atoms with Crippen LogP contribution >= 0.6 is 11.3 Å². The molecule has 7 nitrogen and oxygen atoms in total. The van der Waals surface area contributed by atoms with Crippen molar-refractivity contribution in [2.75, 3.05) is 5.32 Å². The van der Waals surface area contributed by atoms with Crippen LogP contribution in [0.5, 0.6) is 0 Å². The Morgan fingerprint density at radius 1 is 1.24 bits per heavy atom. The molecule has 0 spiro atoms. The monoisotopic (exact) mass is 409 g/mol. The summed E-state index contributed by atoms with van der Waals surface area (Å²) in [6.45, 7) is 4.69. The first-order valence-corrected chi connectivity index (χ1v) is 10.7. The number of nitrogens with one attached hydrogen (secondary N) is 1. The standard InChI is InChI=1S/C21H23N5O2S/c1-3-4-11-25-20(28)19-16(10-12-29-19)26-17(23-24-21(25)26)8-9-18(27)22-15-7-5-6-14(2)13-15/h5-7,10,12-13H,3-4,8-9,11H2,1-2H3,(H,22,27). The summed E-state index contributed by atoms with van der Waals surface area (Å²) in [5.41, 5.74) is 2.67. The normalized spacial score (nSPS) is 11.4. The van der Waals surface area contributed by atoms with Crippen LogP contribution in [-0.2, 0) is 17.8 Å². The average molecular weight is 410 g/mol. The molecule has 0 unspecified atom stereocenters. The Morgan fingerprint density at radius 2 is 2.10 bits per heavy atom. The number of rotatable bonds is 7. The second kappa shape index (κ2) is 8.16. The Kier molecular flexibility index (Phi) is 5.44. The number of carbonyl (C=O) groups is 1. The number of carbonyl (C=O) groups excluding carboxylic acids is 1. The van der Waals surface area contributed by atoms with E-state index >= 15 is 0 Å². The number of aromatic nitrogens is 4. The fourth-order valence-corrected chi connectivity index (χ4v) is 4.26. The van der Waals surface area contributed by atoms with Crippen LogP contribution in [0, 0.1) is 6.92 Å². The molecule has 150 valence electrons. The van der Waals surface area contributed by atoms with Crippen LogP contribution in [0.1, 0.15) is 37.6 Å². The quantitative estimate of drug-likeness (QED) is 0.504. The fraction of sp³-hybridized carbons (Fsp3) is 0.333. The van der Waals surface area contributed by atoms with E-state index in [-0.39, 0.29) is 17.9 Å². The molecule has 0 atom stereocenters. The average Bonchev–Trinajstić information content (AvgIpc) is 3.33. The van der Waals surface area contributed by atoms with Crippen molar-refractivity contribution in [2.24, 2.45) is 0 Å². The maximum Gasteiger partial charge on any atom is 0.272 e. The molecule has 29 heavy (non-hydrogen) atoms. The van der Waals surface area contributed by atoms with Crippen LogP contribution in [0.3, 0.4) is 0 Å². The van der Waals surface area contributed by atoms with Gasteiger partial charge in [0.25, 0.3) is 5.56 Å². The van der Waals surface area contributed by atoms with Crippen molar-refractivity contribution in [3.63, 3.8) is 0 Å². The van der Waals surface area contributed by atoms with Gasteiger partial charge in [-0.2, -0.15) is 0 Å². The van der Waals surface area contributed by atoms with Crippen LogP contribution in [-0.4, -0.2) is 25.1 Å². The van der Waals surface area contributed by atoms with Crippen molar-refractivity contribution in [1.29, 1.82) is 0 Å². The minimum atomic E-state index is -0.0757. The molecule has 3 heterocycles. The SMILES string of the molecule is CCCCn1c(=O)c2sccc2n2c(CCC(=O)Nc3cccc(C)c3)nnc12. The first-order chi connectivity index (χ1) is 14.1. The van der Waals surface area contributed by atoms with Gasteiger partial charge in [0.2, 0.25) is 11.7 Å². The van der Waals surface area contributed by atoms with E-state index in [1.165, 1.54) is 11.3 Å². The molecule has 0 saturated heterocycles. The van der Waals surface area contributed by atoms with E-state index in [0.29, 0.717) is 29.3 Å². The van der Waals surface area contributed by atoms with Crippen LogP contribution < -0.4 is 10.9 Å². The number of fused-ring (bicyclic) bond motifs is 3. The lowest BCUT2D eigenvalue weighted by molar-refractivity contribution is -0.116. The van der Waals surface area contributed by atoms with Crippen LogP contribution in [0.15, 0.2) is 40.5 Å². The van der Waals surface area contributed by atoms with Gasteiger partial charge in [0.05, 0.1) is 5.52 Å². The first kappa shape index (κ1) is 19.3. The number of nitrogens with zero attached hydrogens (tertiary/aromatic N) is 4. The van der Waals surface area contributed by atoms with Crippen molar-refractivity contribution in [3.8, 4) is 0 Å². The van der Waals surface area contributed by atoms with E-state index < -0.39 is 0 Å². The summed E-state index contributed by atoms with van der Waals surface area (Å²) in [5.74, 6) is 1.16. The van der Waals surface area contributed by atoms with Gasteiger partial charge in [0.15, 0.2) is 0 Å². The Balaban J connectivity index is 1.62. The lowest BCUT2D eigenvalue weighted by atomic mass is 10.2. The molecule has 0 aliphatic rings. The smallest absolute Gasteiger partial charge is 0.272 e. The van der Waals surface area contributed by atoms with Crippen molar-refractivity contribution in [2.45, 2.75) is 46.1 Å². The number of anilines is 1. The summed E-state index contributed by atoms with van der Waals surface area (Å²) in [7, 11) is 0. The predicted octanol–water partition coefficient (Wildman–Crippen LogP) is 3.79. The van der Waals surface area contributed by atoms with Crippen LogP contribution in [0.4, 0.5) is 5.69 Å². The molecule has 8 heteroatoms. The zero-order valence-corrected chi connectivity index (χ0v) is 17.3. The molecule has 1 N–H and O–H groups in total. The lowest BCUT2D eigenvalue weighted by Gasteiger charge is -2.09. The predicted molar refractivity (Wildman–Crippen MR) is 116 cm³/mol. The highest BCUT2D eigenvalue weighted by Crippen LogP contribution is 2.20. The van der Waals surface area contributed by atoms with Gasteiger partial charge in [-0.05, 0) is 42.5 Å². The van der Waals surface area contributed by atoms with Crippen LogP contribution in [0.2, 0.25) is 0 Å². The molecule has 0 bridgehead atoms. The van der Waals surface area contributed by atoms with Crippen molar-refractivity contribution < 1.29 is 4.79 Å². The molecule has 0 radical (unpaired) electrons. The van der Waals surface area contributed by atoms with E-state index in [4.69, 9.17) is 0 Å². The molecule has 1 aromatic carbocycles. The molecule has 4 aromatic rings. The highest BCUT2D eigenvalue weighted by Gasteiger charge is 2.17. The number of aryl methyl sites for hydroxylation is 3. The Labute approximate surface area is 172 Å². The number of amides is 1. The fourth-order valence-electron chi connectivity index (χ4n) is 3.43. The van der Waals surface area contributed by atoms with Crippen LogP contribution in [0.25, 0.3) is 16.0 Å². The summed E-state index contributed by atoms with van der Waals surface area (Å²) in [6.07, 6.45) is 2.61. The van der Waals surface area contributed by atoms with E-state index in [9.17, 15) is 9.59 Å². The molecule has 0 saturated carbocycles. The van der Waals surface area contributed by atoms with Gasteiger partial charge in [0.1, 0.15) is 10.5 Å². The third-order valence-corrected chi connectivity index (χ3v) is 5.78. The van der Waals surface area contributed by atoms with Gasteiger partial charge in [-0.1, -0.05) is 25.5 Å². The largest absolute Gasteiger partial charge is 0.326 e. The minimum absolute atomic E-state index is 0.0212. The van der Waals surface area contributed by atoms with Gasteiger partial charge in [0, 0.05) is 25.1 Å². The highest BCUT2D eigenvalue weighted by atomic mass is 32.1. The van der Waals surface area contributed by atoms with Gasteiger partial charge in [-0.15, -0.1) is 21.5 Å². The zero-order chi connectivity index (χ0) is 20.4. The number of hydrogen-bond acceptors (Lipinski definition) is 5. The molecule has 3 aromatic heterocycles. The summed E-state index contributed by atoms with van der Waals surface area (Å²) in [5, 5.41) is 13.4. The van der Waals surface area contributed by atoms with Crippen molar-refractivity contribution in [3.05, 3.63) is 57.5 Å². The van der Waals surface area contributed by atoms with E-state index in [1.54, 1.807) is 4.57 Å². The third-order valence-electron chi connectivity index (χ3n) is 4.89. The molecular formula is C21H23N5O2S. The van der Waals surface area contributed by atoms with Gasteiger partial charge in [-0.25, -0.2) is 0 Å². The van der Waals surface area contributed by atoms with Crippen molar-refractivity contribution >= 4 is 38.9 Å². The molecular weight excluding hydrogens is 386 g/mol. The topological polar surface area (TPSA) is 81.3 Å². The van der Waals surface area contributed by atoms with E-state index in [1.807, 2.05) is 47.0 Å². The highest BCUT2D eigenvalue weighted by molar-refractivity contribution is 7.17. The second-order valence-electron chi connectivity index (χ2n) is 7.11. The molecule has 1 amide bonds. The Bertz CT molecular complexity index is 1240. The lowest BCUT2D eigenvalue weighted by Crippen LogP contribution is -2.23. The third kappa shape index (κ3) is 3.80. The van der Waals surface area contributed by atoms with Gasteiger partial charge < -0.3 is 5.32 Å². The van der Waals surface area contributed by atoms with Gasteiger partial charge in [-0.3, -0.25) is 18.6 Å². The van der Waals surface area contributed by atoms with Crippen molar-refractivity contribution in [1.82, 2.24) is 19.2 Å².